The summed E-state index contributed by atoms with van der Waals surface area (Å²) in [5, 5.41) is 10.9. The molecule has 1 fully saturated rings. The van der Waals surface area contributed by atoms with Gasteiger partial charge in [0.1, 0.15) is 18.1 Å². The lowest BCUT2D eigenvalue weighted by atomic mass is 10.0. The number of hydrogen-bond acceptors (Lipinski definition) is 6. The van der Waals surface area contributed by atoms with Crippen LogP contribution in [0.25, 0.3) is 0 Å². The van der Waals surface area contributed by atoms with Gasteiger partial charge in [0.2, 0.25) is 0 Å². The molecule has 0 aromatic rings. The van der Waals surface area contributed by atoms with Crippen LogP contribution in [-0.2, 0) is 9.57 Å². The monoisotopic (exact) mass is 318 g/mol. The lowest BCUT2D eigenvalue weighted by Crippen LogP contribution is -2.47. The second kappa shape index (κ2) is 6.46. The summed E-state index contributed by atoms with van der Waals surface area (Å²) in [5.41, 5.74) is -0.662. The molecule has 2 rings (SSSR count). The van der Waals surface area contributed by atoms with E-state index in [1.165, 1.54) is 7.05 Å². The van der Waals surface area contributed by atoms with Crippen LogP contribution in [0.5, 0.6) is 0 Å². The van der Waals surface area contributed by atoms with E-state index in [1.807, 2.05) is 0 Å². The predicted octanol–water partition coefficient (Wildman–Crippen LogP) is 1.33. The molecule has 116 valence electrons. The molecule has 0 aliphatic carbocycles. The van der Waals surface area contributed by atoms with Crippen LogP contribution in [0.3, 0.4) is 0 Å². The SMILES string of the molecule is CN(OCC(F)F)C1=N[C@@H]2C[C@H](O)[C@@H](C(F)F)O[C@@H]2S1. The number of ether oxygens (including phenoxy) is 1. The van der Waals surface area contributed by atoms with E-state index in [4.69, 9.17) is 9.57 Å². The first-order valence-electron chi connectivity index (χ1n) is 5.89. The highest BCUT2D eigenvalue weighted by Crippen LogP contribution is 2.38. The van der Waals surface area contributed by atoms with Crippen molar-refractivity contribution >= 4 is 16.9 Å². The zero-order valence-electron chi connectivity index (χ0n) is 10.5. The summed E-state index contributed by atoms with van der Waals surface area (Å²) in [7, 11) is 1.40. The van der Waals surface area contributed by atoms with Crippen LogP contribution >= 0.6 is 11.8 Å². The number of nitrogens with zero attached hydrogens (tertiary/aromatic N) is 2. The Morgan fingerprint density at radius 2 is 2.20 bits per heavy atom. The van der Waals surface area contributed by atoms with Gasteiger partial charge < -0.3 is 9.84 Å². The van der Waals surface area contributed by atoms with Crippen molar-refractivity contribution in [3.8, 4) is 0 Å². The van der Waals surface area contributed by atoms with Gasteiger partial charge in [-0.1, -0.05) is 11.8 Å². The van der Waals surface area contributed by atoms with E-state index in [-0.39, 0.29) is 11.6 Å². The summed E-state index contributed by atoms with van der Waals surface area (Å²) in [6.07, 6.45) is -8.21. The van der Waals surface area contributed by atoms with Crippen LogP contribution in [0.2, 0.25) is 0 Å². The molecule has 0 radical (unpaired) electrons. The van der Waals surface area contributed by atoms with Gasteiger partial charge in [0.05, 0.1) is 12.1 Å². The number of halogens is 4. The van der Waals surface area contributed by atoms with Gasteiger partial charge >= 0.3 is 0 Å². The molecule has 0 amide bonds. The van der Waals surface area contributed by atoms with Crippen LogP contribution < -0.4 is 0 Å². The average molecular weight is 318 g/mol. The molecule has 2 aliphatic heterocycles. The minimum atomic E-state index is -2.79. The average Bonchev–Trinajstić information content (AvgIpc) is 2.77. The lowest BCUT2D eigenvalue weighted by Gasteiger charge is -2.33. The van der Waals surface area contributed by atoms with E-state index in [1.54, 1.807) is 0 Å². The number of aliphatic hydroxyl groups is 1. The van der Waals surface area contributed by atoms with Gasteiger partial charge in [-0.15, -0.1) is 0 Å². The van der Waals surface area contributed by atoms with Gasteiger partial charge in [0, 0.05) is 13.5 Å². The van der Waals surface area contributed by atoms with E-state index in [2.05, 4.69) is 4.99 Å². The number of fused-ring (bicyclic) bond motifs is 1. The number of rotatable bonds is 4. The van der Waals surface area contributed by atoms with Gasteiger partial charge in [0.15, 0.2) is 5.17 Å². The van der Waals surface area contributed by atoms with Crippen molar-refractivity contribution in [1.82, 2.24) is 5.06 Å². The maximum Gasteiger partial charge on any atom is 0.266 e. The summed E-state index contributed by atoms with van der Waals surface area (Å²) in [6.45, 7) is -0.783. The summed E-state index contributed by atoms with van der Waals surface area (Å²) >= 11 is 1.02. The molecule has 0 spiro atoms. The first kappa shape index (κ1) is 15.8. The zero-order valence-corrected chi connectivity index (χ0v) is 11.3. The van der Waals surface area contributed by atoms with Gasteiger partial charge in [-0.05, 0) is 0 Å². The Balaban J connectivity index is 1.93. The molecule has 2 heterocycles. The normalized spacial score (nSPS) is 33.5. The lowest BCUT2D eigenvalue weighted by molar-refractivity contribution is -0.152. The Bertz CT molecular complexity index is 374. The van der Waals surface area contributed by atoms with E-state index >= 15 is 0 Å². The Morgan fingerprint density at radius 1 is 1.50 bits per heavy atom. The summed E-state index contributed by atoms with van der Waals surface area (Å²) in [6, 6.07) is -0.488. The smallest absolute Gasteiger partial charge is 0.266 e. The number of alkyl halides is 4. The van der Waals surface area contributed by atoms with Crippen LogP contribution in [0.15, 0.2) is 4.99 Å². The number of hydrogen-bond donors (Lipinski definition) is 1. The molecule has 10 heteroatoms. The highest BCUT2D eigenvalue weighted by atomic mass is 32.2. The van der Waals surface area contributed by atoms with Crippen molar-refractivity contribution in [2.75, 3.05) is 13.7 Å². The van der Waals surface area contributed by atoms with Crippen molar-refractivity contribution in [3.63, 3.8) is 0 Å². The van der Waals surface area contributed by atoms with Crippen LogP contribution in [0, 0.1) is 0 Å². The molecule has 0 aromatic carbocycles. The minimum Gasteiger partial charge on any atom is -0.390 e. The summed E-state index contributed by atoms with van der Waals surface area (Å²) in [5.74, 6) is 0. The third kappa shape index (κ3) is 3.54. The second-order valence-electron chi connectivity index (χ2n) is 4.39. The van der Waals surface area contributed by atoms with E-state index in [0.29, 0.717) is 0 Å². The molecule has 1 N–H and O–H groups in total. The standard InChI is InChI=1S/C10H14F4N2O3S/c1-16(18-3-6(11)12)10-15-4-2-5(17)7(8(13)14)19-9(4)20-10/h4-9,17H,2-3H2,1H3/t4-,5+,7+,9-/m1/s1. The van der Waals surface area contributed by atoms with E-state index in [9.17, 15) is 22.7 Å². The van der Waals surface area contributed by atoms with Crippen LogP contribution in [0.4, 0.5) is 17.6 Å². The minimum absolute atomic E-state index is 0.0405. The van der Waals surface area contributed by atoms with Crippen molar-refractivity contribution in [2.45, 2.75) is 43.0 Å². The summed E-state index contributed by atoms with van der Waals surface area (Å²) < 4.78 is 54.5. The third-order valence-corrected chi connectivity index (χ3v) is 4.11. The molecule has 0 bridgehead atoms. The van der Waals surface area contributed by atoms with Gasteiger partial charge in [-0.25, -0.2) is 22.6 Å². The molecular weight excluding hydrogens is 304 g/mol. The van der Waals surface area contributed by atoms with Crippen molar-refractivity contribution in [1.29, 1.82) is 0 Å². The molecule has 4 atom stereocenters. The molecule has 0 saturated carbocycles. The Kier molecular flexibility index (Phi) is 5.10. The fourth-order valence-electron chi connectivity index (χ4n) is 1.93. The zero-order chi connectivity index (χ0) is 14.9. The first-order chi connectivity index (χ1) is 9.38. The Hall–Kier alpha value is -0.580. The van der Waals surface area contributed by atoms with Crippen molar-refractivity contribution in [3.05, 3.63) is 0 Å². The van der Waals surface area contributed by atoms with Crippen molar-refractivity contribution < 1.29 is 32.2 Å². The van der Waals surface area contributed by atoms with Crippen LogP contribution in [0.1, 0.15) is 6.42 Å². The molecule has 0 unspecified atom stereocenters. The number of thioether (sulfide) groups is 1. The quantitative estimate of drug-likeness (QED) is 0.626. The second-order valence-corrected chi connectivity index (χ2v) is 5.45. The highest BCUT2D eigenvalue weighted by Gasteiger charge is 2.45. The molecule has 2 aliphatic rings. The molecule has 0 aromatic heterocycles. The number of amidine groups is 1. The largest absolute Gasteiger partial charge is 0.390 e. The van der Waals surface area contributed by atoms with Gasteiger partial charge in [0.25, 0.3) is 12.9 Å². The Labute approximate surface area is 116 Å². The molecule has 5 nitrogen and oxygen atoms in total. The predicted molar refractivity (Wildman–Crippen MR) is 63.8 cm³/mol. The summed E-state index contributed by atoms with van der Waals surface area (Å²) in [4.78, 5) is 8.90. The number of aliphatic imine (C=N–C) groups is 1. The number of aliphatic hydroxyl groups excluding tert-OH is 1. The van der Waals surface area contributed by atoms with Crippen molar-refractivity contribution in [2.24, 2.45) is 4.99 Å². The Morgan fingerprint density at radius 3 is 2.80 bits per heavy atom. The topological polar surface area (TPSA) is 54.3 Å². The maximum absolute atomic E-state index is 12.6. The van der Waals surface area contributed by atoms with E-state index in [0.717, 1.165) is 16.8 Å². The molecular formula is C10H14F4N2O3S. The first-order valence-corrected chi connectivity index (χ1v) is 6.77. The fraction of sp³-hybridized carbons (Fsp3) is 0.900. The van der Waals surface area contributed by atoms with Gasteiger partial charge in [-0.2, -0.15) is 0 Å². The maximum atomic E-state index is 12.6. The third-order valence-electron chi connectivity index (χ3n) is 2.88. The number of hydroxylamine groups is 2. The fourth-order valence-corrected chi connectivity index (χ4v) is 3.05. The molecule has 20 heavy (non-hydrogen) atoms. The molecule has 1 saturated heterocycles. The highest BCUT2D eigenvalue weighted by molar-refractivity contribution is 8.14. The van der Waals surface area contributed by atoms with E-state index < -0.39 is 43.1 Å². The van der Waals surface area contributed by atoms with Gasteiger partial charge in [-0.3, -0.25) is 9.83 Å². The van der Waals surface area contributed by atoms with Crippen LogP contribution in [-0.4, -0.2) is 65.5 Å².